The molecule has 1 N–H and O–H groups in total. The highest BCUT2D eigenvalue weighted by Crippen LogP contribution is 2.18. The van der Waals surface area contributed by atoms with Gasteiger partial charge in [-0.3, -0.25) is 9.69 Å². The molecule has 3 nitrogen and oxygen atoms in total. The van der Waals surface area contributed by atoms with Gasteiger partial charge in [-0.2, -0.15) is 0 Å². The molecule has 0 bridgehead atoms. The Hall–Kier alpha value is -1.90. The Morgan fingerprint density at radius 3 is 2.55 bits per heavy atom. The number of carboxylic acids is 1. The van der Waals surface area contributed by atoms with Crippen molar-refractivity contribution >= 4 is 19.6 Å². The maximum Gasteiger partial charge on any atom is 0.317 e. The van der Waals surface area contributed by atoms with Gasteiger partial charge in [0.25, 0.3) is 0 Å². The highest BCUT2D eigenvalue weighted by molar-refractivity contribution is 6.84. The number of carboxylic acid groups (broad SMARTS) is 1. The lowest BCUT2D eigenvalue weighted by Gasteiger charge is -2.12. The number of hydrogen-bond acceptors (Lipinski definition) is 2. The van der Waals surface area contributed by atoms with Gasteiger partial charge in [-0.05, 0) is 13.1 Å². The van der Waals surface area contributed by atoms with Gasteiger partial charge in [0.2, 0.25) is 0 Å². The number of carbonyl (C=O) groups is 1. The molecule has 1 rings (SSSR count). The highest BCUT2D eigenvalue weighted by atomic mass is 28.3. The van der Waals surface area contributed by atoms with E-state index in [9.17, 15) is 9.18 Å². The second-order valence-electron chi connectivity index (χ2n) is 6.19. The second-order valence-corrected chi connectivity index (χ2v) is 10.9. The second kappa shape index (κ2) is 7.92. The van der Waals surface area contributed by atoms with Crippen molar-refractivity contribution in [2.45, 2.75) is 19.6 Å². The normalized spacial score (nSPS) is 12.0. The average molecular weight is 319 g/mol. The first-order valence-electron chi connectivity index (χ1n) is 7.07. The number of hydrogen-bond donors (Lipinski definition) is 1. The van der Waals surface area contributed by atoms with Gasteiger partial charge in [-0.1, -0.05) is 49.8 Å². The van der Waals surface area contributed by atoms with Crippen LogP contribution in [-0.4, -0.2) is 44.2 Å². The molecule has 0 unspecified atom stereocenters. The summed E-state index contributed by atoms with van der Waals surface area (Å²) in [5, 5.41) is 8.78. The van der Waals surface area contributed by atoms with Gasteiger partial charge in [-0.25, -0.2) is 4.39 Å². The van der Waals surface area contributed by atoms with Gasteiger partial charge in [0.15, 0.2) is 0 Å². The zero-order valence-corrected chi connectivity index (χ0v) is 14.5. The lowest BCUT2D eigenvalue weighted by Crippen LogP contribution is -2.25. The summed E-state index contributed by atoms with van der Waals surface area (Å²) < 4.78 is 14.0. The Labute approximate surface area is 132 Å². The van der Waals surface area contributed by atoms with Crippen LogP contribution in [0.3, 0.4) is 0 Å². The number of aliphatic carboxylic acids is 1. The fourth-order valence-corrected chi connectivity index (χ4v) is 2.22. The summed E-state index contributed by atoms with van der Waals surface area (Å²) in [6.45, 7) is 6.69. The van der Waals surface area contributed by atoms with E-state index in [0.717, 1.165) is 0 Å². The predicted octanol–water partition coefficient (Wildman–Crippen LogP) is 3.11. The lowest BCUT2D eigenvalue weighted by atomic mass is 10.1. The van der Waals surface area contributed by atoms with E-state index >= 15 is 0 Å². The van der Waals surface area contributed by atoms with Crippen molar-refractivity contribution in [2.24, 2.45) is 0 Å². The first-order chi connectivity index (χ1) is 10.2. The van der Waals surface area contributed by atoms with E-state index in [1.165, 1.54) is 6.07 Å². The topological polar surface area (TPSA) is 40.5 Å². The third kappa shape index (κ3) is 6.70. The van der Waals surface area contributed by atoms with Crippen molar-refractivity contribution in [3.05, 3.63) is 41.7 Å². The molecule has 0 heterocycles. The standard InChI is InChI=1S/C17H22FNO2Si/c1-19(13-17(20)21)11-9-14(10-12-22(2,3)4)15-7-5-6-8-16(15)18/h5-9H,11,13H2,1-4H3,(H,20,21)/b14-9-. The summed E-state index contributed by atoms with van der Waals surface area (Å²) in [6, 6.07) is 6.50. The highest BCUT2D eigenvalue weighted by Gasteiger charge is 2.10. The van der Waals surface area contributed by atoms with Crippen LogP contribution in [0.1, 0.15) is 5.56 Å². The van der Waals surface area contributed by atoms with Gasteiger partial charge >= 0.3 is 5.97 Å². The molecule has 5 heteroatoms. The third-order valence-corrected chi connectivity index (χ3v) is 3.62. The number of rotatable bonds is 5. The molecule has 0 saturated heterocycles. The van der Waals surface area contributed by atoms with E-state index in [1.54, 1.807) is 36.2 Å². The Morgan fingerprint density at radius 2 is 2.00 bits per heavy atom. The van der Waals surface area contributed by atoms with Gasteiger partial charge in [0.1, 0.15) is 13.9 Å². The molecule has 0 aliphatic rings. The van der Waals surface area contributed by atoms with Gasteiger partial charge < -0.3 is 5.11 Å². The Morgan fingerprint density at radius 1 is 1.36 bits per heavy atom. The maximum atomic E-state index is 14.0. The van der Waals surface area contributed by atoms with Crippen LogP contribution in [0.25, 0.3) is 5.57 Å². The van der Waals surface area contributed by atoms with Crippen molar-refractivity contribution in [1.29, 1.82) is 0 Å². The molecule has 0 amide bonds. The average Bonchev–Trinajstić information content (AvgIpc) is 2.38. The largest absolute Gasteiger partial charge is 0.480 e. The monoisotopic (exact) mass is 319 g/mol. The zero-order valence-electron chi connectivity index (χ0n) is 13.5. The number of likely N-dealkylation sites (N-methyl/N-ethyl adjacent to an activating group) is 1. The summed E-state index contributed by atoms with van der Waals surface area (Å²) in [5.41, 5.74) is 4.30. The van der Waals surface area contributed by atoms with Crippen LogP contribution in [0.2, 0.25) is 19.6 Å². The Balaban J connectivity index is 3.09. The van der Waals surface area contributed by atoms with Crippen LogP contribution in [0.4, 0.5) is 4.39 Å². The molecule has 22 heavy (non-hydrogen) atoms. The molecule has 0 fully saturated rings. The first-order valence-corrected chi connectivity index (χ1v) is 10.6. The van der Waals surface area contributed by atoms with E-state index < -0.39 is 14.0 Å². The van der Waals surface area contributed by atoms with Crippen molar-refractivity contribution < 1.29 is 14.3 Å². The number of allylic oxidation sites excluding steroid dienone is 1. The lowest BCUT2D eigenvalue weighted by molar-refractivity contribution is -0.137. The molecule has 1 aromatic rings. The summed E-state index contributed by atoms with van der Waals surface area (Å²) in [6.07, 6.45) is 1.79. The SMILES string of the molecule is CN(C/C=C(/C#C[Si](C)(C)C)c1ccccc1F)CC(=O)O. The third-order valence-electron chi connectivity index (χ3n) is 2.75. The van der Waals surface area contributed by atoms with Crippen molar-refractivity contribution in [3.8, 4) is 11.5 Å². The zero-order chi connectivity index (χ0) is 16.8. The van der Waals surface area contributed by atoms with E-state index in [1.807, 2.05) is 0 Å². The van der Waals surface area contributed by atoms with E-state index in [0.29, 0.717) is 17.7 Å². The van der Waals surface area contributed by atoms with Crippen LogP contribution in [0.15, 0.2) is 30.3 Å². The molecular formula is C17H22FNO2Si. The molecular weight excluding hydrogens is 297 g/mol. The van der Waals surface area contributed by atoms with Crippen LogP contribution in [0.5, 0.6) is 0 Å². The summed E-state index contributed by atoms with van der Waals surface area (Å²) in [4.78, 5) is 12.3. The molecule has 0 saturated carbocycles. The fourth-order valence-electron chi connectivity index (χ4n) is 1.71. The predicted molar refractivity (Wildman–Crippen MR) is 90.6 cm³/mol. The minimum absolute atomic E-state index is 0.0670. The smallest absolute Gasteiger partial charge is 0.317 e. The molecule has 0 aliphatic carbocycles. The minimum Gasteiger partial charge on any atom is -0.480 e. The maximum absolute atomic E-state index is 14.0. The molecule has 0 aromatic heterocycles. The van der Waals surface area contributed by atoms with E-state index in [-0.39, 0.29) is 12.4 Å². The molecule has 0 atom stereocenters. The van der Waals surface area contributed by atoms with Gasteiger partial charge in [0, 0.05) is 17.7 Å². The molecule has 0 spiro atoms. The van der Waals surface area contributed by atoms with Crippen molar-refractivity contribution in [1.82, 2.24) is 4.90 Å². The Bertz CT molecular complexity index is 624. The van der Waals surface area contributed by atoms with Crippen LogP contribution < -0.4 is 0 Å². The van der Waals surface area contributed by atoms with Gasteiger partial charge in [-0.15, -0.1) is 5.54 Å². The molecule has 1 aromatic carbocycles. The first kappa shape index (κ1) is 18.1. The number of nitrogens with zero attached hydrogens (tertiary/aromatic N) is 1. The molecule has 0 aliphatic heterocycles. The molecule has 0 radical (unpaired) electrons. The fraction of sp³-hybridized carbons (Fsp3) is 0.353. The van der Waals surface area contributed by atoms with Crippen molar-refractivity contribution in [2.75, 3.05) is 20.1 Å². The number of halogens is 1. The molecule has 118 valence electrons. The van der Waals surface area contributed by atoms with E-state index in [2.05, 4.69) is 31.1 Å². The quantitative estimate of drug-likeness (QED) is 0.670. The summed E-state index contributed by atoms with van der Waals surface area (Å²) >= 11 is 0. The van der Waals surface area contributed by atoms with Crippen molar-refractivity contribution in [3.63, 3.8) is 0 Å². The summed E-state index contributed by atoms with van der Waals surface area (Å²) in [7, 11) is 0.119. The minimum atomic E-state index is -1.58. The van der Waals surface area contributed by atoms with Crippen LogP contribution in [-0.2, 0) is 4.79 Å². The van der Waals surface area contributed by atoms with Gasteiger partial charge in [0.05, 0.1) is 6.54 Å². The Kier molecular flexibility index (Phi) is 6.53. The number of benzene rings is 1. The van der Waals surface area contributed by atoms with Crippen LogP contribution >= 0.6 is 0 Å². The van der Waals surface area contributed by atoms with E-state index in [4.69, 9.17) is 5.11 Å². The van der Waals surface area contributed by atoms with Crippen LogP contribution in [0, 0.1) is 17.3 Å². The summed E-state index contributed by atoms with van der Waals surface area (Å²) in [5.74, 6) is 1.87.